The Balaban J connectivity index is 1.42. The average molecular weight is 318 g/mol. The Morgan fingerprint density at radius 2 is 2.00 bits per heavy atom. The number of fused-ring (bicyclic) bond motifs is 1. The van der Waals surface area contributed by atoms with Crippen molar-refractivity contribution in [1.29, 1.82) is 0 Å². The number of hydrogen-bond donors (Lipinski definition) is 0. The monoisotopic (exact) mass is 317 g/mol. The second kappa shape index (κ2) is 5.35. The smallest absolute Gasteiger partial charge is 0.267 e. The molecule has 2 aromatic rings. The molecule has 0 radical (unpaired) electrons. The van der Waals surface area contributed by atoms with E-state index in [2.05, 4.69) is 20.0 Å². The van der Waals surface area contributed by atoms with E-state index in [1.165, 1.54) is 0 Å². The zero-order valence-corrected chi connectivity index (χ0v) is 12.8. The van der Waals surface area contributed by atoms with E-state index in [9.17, 15) is 4.79 Å². The van der Waals surface area contributed by atoms with E-state index in [1.807, 2.05) is 0 Å². The van der Waals surface area contributed by atoms with Gasteiger partial charge in [0, 0.05) is 25.1 Å². The van der Waals surface area contributed by atoms with Gasteiger partial charge in [-0.3, -0.25) is 4.79 Å². The largest absolute Gasteiger partial charge is 0.340 e. The normalized spacial score (nSPS) is 17.4. The fourth-order valence-electron chi connectivity index (χ4n) is 3.13. The lowest BCUT2D eigenvalue weighted by Gasteiger charge is -2.39. The Morgan fingerprint density at radius 3 is 2.77 bits per heavy atom. The summed E-state index contributed by atoms with van der Waals surface area (Å²) in [6, 6.07) is 1.76. The molecule has 2 aromatic heterocycles. The molecule has 3 heterocycles. The Kier molecular flexibility index (Phi) is 3.33. The van der Waals surface area contributed by atoms with Crippen molar-refractivity contribution >= 4 is 17.5 Å². The van der Waals surface area contributed by atoms with Crippen LogP contribution >= 0.6 is 11.6 Å². The molecule has 0 unspecified atom stereocenters. The summed E-state index contributed by atoms with van der Waals surface area (Å²) in [7, 11) is 0. The third-order valence-corrected chi connectivity index (χ3v) is 4.50. The Bertz CT molecular complexity index is 752. The van der Waals surface area contributed by atoms with Crippen molar-refractivity contribution in [2.75, 3.05) is 18.0 Å². The molecular weight excluding hydrogens is 302 g/mol. The Hall–Kier alpha value is -1.95. The molecule has 0 amide bonds. The summed E-state index contributed by atoms with van der Waals surface area (Å²) in [6.07, 6.45) is 6.29. The van der Waals surface area contributed by atoms with Gasteiger partial charge in [0.05, 0.1) is 29.7 Å². The third-order valence-electron chi connectivity index (χ3n) is 4.30. The van der Waals surface area contributed by atoms with Crippen LogP contribution in [0.15, 0.2) is 23.3 Å². The molecule has 0 N–H and O–H groups in total. The lowest BCUT2D eigenvalue weighted by Crippen LogP contribution is -2.50. The van der Waals surface area contributed by atoms with Crippen molar-refractivity contribution in [3.63, 3.8) is 0 Å². The molecule has 2 aliphatic rings. The highest BCUT2D eigenvalue weighted by molar-refractivity contribution is 6.30. The molecule has 0 atom stereocenters. The van der Waals surface area contributed by atoms with Crippen molar-refractivity contribution in [3.8, 4) is 0 Å². The number of aromatic nitrogens is 4. The minimum Gasteiger partial charge on any atom is -0.340 e. The summed E-state index contributed by atoms with van der Waals surface area (Å²) in [6.45, 7) is 2.34. The quantitative estimate of drug-likeness (QED) is 0.854. The van der Waals surface area contributed by atoms with Crippen molar-refractivity contribution < 1.29 is 0 Å². The number of nitrogens with zero attached hydrogens (tertiary/aromatic N) is 5. The molecule has 114 valence electrons. The highest BCUT2D eigenvalue weighted by Crippen LogP contribution is 2.23. The highest BCUT2D eigenvalue weighted by Gasteiger charge is 2.29. The second-order valence-electron chi connectivity index (χ2n) is 5.96. The first-order chi connectivity index (χ1) is 10.7. The molecule has 0 spiro atoms. The molecule has 1 aliphatic carbocycles. The molecule has 0 aromatic carbocycles. The highest BCUT2D eigenvalue weighted by atomic mass is 35.5. The van der Waals surface area contributed by atoms with Crippen LogP contribution in [-0.4, -0.2) is 32.8 Å². The van der Waals surface area contributed by atoms with E-state index in [0.29, 0.717) is 23.4 Å². The van der Waals surface area contributed by atoms with Gasteiger partial charge in [-0.15, -0.1) is 0 Å². The summed E-state index contributed by atoms with van der Waals surface area (Å²) in [4.78, 5) is 22.6. The number of aryl methyl sites for hydroxylation is 2. The van der Waals surface area contributed by atoms with Gasteiger partial charge < -0.3 is 4.90 Å². The Labute approximate surface area is 132 Å². The number of halogens is 1. The van der Waals surface area contributed by atoms with Crippen molar-refractivity contribution in [2.45, 2.75) is 25.8 Å². The summed E-state index contributed by atoms with van der Waals surface area (Å²) >= 11 is 5.79. The minimum atomic E-state index is 0.0156. The summed E-state index contributed by atoms with van der Waals surface area (Å²) in [5, 5.41) is 5.06. The third kappa shape index (κ3) is 2.47. The maximum absolute atomic E-state index is 12.1. The first-order valence-corrected chi connectivity index (χ1v) is 7.89. The number of rotatable bonds is 3. The zero-order valence-electron chi connectivity index (χ0n) is 12.1. The van der Waals surface area contributed by atoms with Gasteiger partial charge in [0.2, 0.25) is 5.95 Å². The van der Waals surface area contributed by atoms with Crippen LogP contribution in [0.5, 0.6) is 0 Å². The average Bonchev–Trinajstić information content (AvgIpc) is 2.90. The van der Waals surface area contributed by atoms with Gasteiger partial charge in [0.15, 0.2) is 0 Å². The zero-order chi connectivity index (χ0) is 15.1. The Morgan fingerprint density at radius 1 is 1.23 bits per heavy atom. The molecule has 4 rings (SSSR count). The second-order valence-corrected chi connectivity index (χ2v) is 6.40. The van der Waals surface area contributed by atoms with Gasteiger partial charge >= 0.3 is 0 Å². The van der Waals surface area contributed by atoms with Crippen LogP contribution in [0, 0.1) is 5.92 Å². The van der Waals surface area contributed by atoms with Crippen LogP contribution in [0.1, 0.15) is 17.7 Å². The van der Waals surface area contributed by atoms with E-state index in [0.717, 1.165) is 43.6 Å². The SMILES string of the molecule is O=c1cc2c(nn1CC1CN(c3ncc(Cl)cn3)C1)CCC2. The summed E-state index contributed by atoms with van der Waals surface area (Å²) < 4.78 is 1.62. The predicted molar refractivity (Wildman–Crippen MR) is 83.3 cm³/mol. The van der Waals surface area contributed by atoms with Crippen LogP contribution in [0.25, 0.3) is 0 Å². The van der Waals surface area contributed by atoms with Crippen LogP contribution in [-0.2, 0) is 19.4 Å². The van der Waals surface area contributed by atoms with E-state index < -0.39 is 0 Å². The topological polar surface area (TPSA) is 63.9 Å². The lowest BCUT2D eigenvalue weighted by atomic mass is 10.0. The van der Waals surface area contributed by atoms with Gasteiger partial charge in [-0.05, 0) is 24.8 Å². The van der Waals surface area contributed by atoms with Crippen LogP contribution < -0.4 is 10.5 Å². The van der Waals surface area contributed by atoms with Crippen molar-refractivity contribution in [3.05, 3.63) is 45.1 Å². The number of anilines is 1. The molecule has 1 fully saturated rings. The van der Waals surface area contributed by atoms with E-state index in [4.69, 9.17) is 11.6 Å². The maximum Gasteiger partial charge on any atom is 0.267 e. The molecule has 1 aliphatic heterocycles. The van der Waals surface area contributed by atoms with E-state index in [-0.39, 0.29) is 5.56 Å². The molecule has 22 heavy (non-hydrogen) atoms. The first kappa shape index (κ1) is 13.7. The van der Waals surface area contributed by atoms with Gasteiger partial charge in [0.25, 0.3) is 5.56 Å². The van der Waals surface area contributed by atoms with Crippen LogP contribution in [0.2, 0.25) is 5.02 Å². The van der Waals surface area contributed by atoms with Gasteiger partial charge in [-0.1, -0.05) is 11.6 Å². The fraction of sp³-hybridized carbons (Fsp3) is 0.467. The predicted octanol–water partition coefficient (Wildman–Crippen LogP) is 1.31. The summed E-state index contributed by atoms with van der Waals surface area (Å²) in [5.74, 6) is 1.10. The fourth-order valence-corrected chi connectivity index (χ4v) is 3.23. The van der Waals surface area contributed by atoms with Crippen molar-refractivity contribution in [1.82, 2.24) is 19.7 Å². The van der Waals surface area contributed by atoms with Crippen LogP contribution in [0.4, 0.5) is 5.95 Å². The number of hydrogen-bond acceptors (Lipinski definition) is 5. The molecule has 7 heteroatoms. The molecule has 1 saturated heterocycles. The van der Waals surface area contributed by atoms with Gasteiger partial charge in [-0.25, -0.2) is 14.6 Å². The van der Waals surface area contributed by atoms with Crippen molar-refractivity contribution in [2.24, 2.45) is 5.92 Å². The minimum absolute atomic E-state index is 0.0156. The molecule has 0 saturated carbocycles. The van der Waals surface area contributed by atoms with Gasteiger partial charge in [0.1, 0.15) is 0 Å². The van der Waals surface area contributed by atoms with Crippen LogP contribution in [0.3, 0.4) is 0 Å². The first-order valence-electron chi connectivity index (χ1n) is 7.51. The summed E-state index contributed by atoms with van der Waals surface area (Å²) in [5.41, 5.74) is 2.24. The van der Waals surface area contributed by atoms with E-state index in [1.54, 1.807) is 23.1 Å². The standard InChI is InChI=1S/C15H16ClN5O/c16-12-5-17-15(18-6-12)20-7-10(8-20)9-21-14(22)4-11-2-1-3-13(11)19-21/h4-6,10H,1-3,7-9H2. The maximum atomic E-state index is 12.1. The molecule has 6 nitrogen and oxygen atoms in total. The molecule has 0 bridgehead atoms. The van der Waals surface area contributed by atoms with E-state index >= 15 is 0 Å². The lowest BCUT2D eigenvalue weighted by molar-refractivity contribution is 0.329. The van der Waals surface area contributed by atoms with Gasteiger partial charge in [-0.2, -0.15) is 5.10 Å². The molecular formula is C15H16ClN5O.